The van der Waals surface area contributed by atoms with E-state index in [2.05, 4.69) is 0 Å². The van der Waals surface area contributed by atoms with Crippen molar-refractivity contribution in [1.29, 1.82) is 0 Å². The SMILES string of the molecule is COC(=O)c1c(C)c2cccc(OC)c2n1CCS(=O)(=O)c1ccccc1. The highest BCUT2D eigenvalue weighted by molar-refractivity contribution is 7.91. The number of para-hydroxylation sites is 1. The summed E-state index contributed by atoms with van der Waals surface area (Å²) in [5.74, 6) is -0.0897. The Morgan fingerprint density at radius 1 is 1.04 bits per heavy atom. The lowest BCUT2D eigenvalue weighted by atomic mass is 10.1. The molecule has 7 heteroatoms. The number of benzene rings is 2. The van der Waals surface area contributed by atoms with Crippen LogP contribution in [-0.2, 0) is 21.1 Å². The van der Waals surface area contributed by atoms with E-state index in [1.54, 1.807) is 48.1 Å². The van der Waals surface area contributed by atoms with Crippen molar-refractivity contribution in [2.24, 2.45) is 0 Å². The molecule has 0 saturated carbocycles. The summed E-state index contributed by atoms with van der Waals surface area (Å²) in [5, 5.41) is 0.826. The summed E-state index contributed by atoms with van der Waals surface area (Å²) in [7, 11) is -0.651. The number of esters is 1. The molecule has 0 aliphatic heterocycles. The zero-order valence-corrected chi connectivity index (χ0v) is 16.2. The van der Waals surface area contributed by atoms with Gasteiger partial charge >= 0.3 is 5.97 Å². The monoisotopic (exact) mass is 387 g/mol. The molecule has 1 heterocycles. The smallest absolute Gasteiger partial charge is 0.354 e. The van der Waals surface area contributed by atoms with Crippen LogP contribution in [0.2, 0.25) is 0 Å². The summed E-state index contributed by atoms with van der Waals surface area (Å²) in [6.07, 6.45) is 0. The fourth-order valence-corrected chi connectivity index (χ4v) is 4.48. The molecule has 142 valence electrons. The van der Waals surface area contributed by atoms with E-state index in [1.807, 2.05) is 19.1 Å². The minimum Gasteiger partial charge on any atom is -0.495 e. The predicted octanol–water partition coefficient (Wildman–Crippen LogP) is 3.22. The molecule has 1 aromatic heterocycles. The van der Waals surface area contributed by atoms with Gasteiger partial charge in [-0.25, -0.2) is 13.2 Å². The zero-order chi connectivity index (χ0) is 19.6. The van der Waals surface area contributed by atoms with E-state index in [4.69, 9.17) is 9.47 Å². The fraction of sp³-hybridized carbons (Fsp3) is 0.250. The van der Waals surface area contributed by atoms with Crippen LogP contribution in [0.1, 0.15) is 16.1 Å². The zero-order valence-electron chi connectivity index (χ0n) is 15.4. The molecule has 3 rings (SSSR count). The molecule has 0 aliphatic carbocycles. The van der Waals surface area contributed by atoms with Crippen molar-refractivity contribution in [3.63, 3.8) is 0 Å². The van der Waals surface area contributed by atoms with Gasteiger partial charge in [0.15, 0.2) is 9.84 Å². The lowest BCUT2D eigenvalue weighted by molar-refractivity contribution is 0.0588. The maximum Gasteiger partial charge on any atom is 0.354 e. The van der Waals surface area contributed by atoms with E-state index in [1.165, 1.54) is 7.11 Å². The topological polar surface area (TPSA) is 74.6 Å². The highest BCUT2D eigenvalue weighted by atomic mass is 32.2. The van der Waals surface area contributed by atoms with Crippen molar-refractivity contribution in [2.45, 2.75) is 18.4 Å². The number of hydrogen-bond acceptors (Lipinski definition) is 5. The molecule has 6 nitrogen and oxygen atoms in total. The van der Waals surface area contributed by atoms with Crippen molar-refractivity contribution in [3.8, 4) is 5.75 Å². The van der Waals surface area contributed by atoms with Gasteiger partial charge in [-0.05, 0) is 30.7 Å². The van der Waals surface area contributed by atoms with Crippen LogP contribution in [0.5, 0.6) is 5.75 Å². The first-order valence-corrected chi connectivity index (χ1v) is 10.1. The van der Waals surface area contributed by atoms with Crippen LogP contribution >= 0.6 is 0 Å². The summed E-state index contributed by atoms with van der Waals surface area (Å²) < 4.78 is 37.4. The second kappa shape index (κ2) is 7.44. The van der Waals surface area contributed by atoms with Crippen molar-refractivity contribution in [2.75, 3.05) is 20.0 Å². The maximum absolute atomic E-state index is 12.7. The van der Waals surface area contributed by atoms with E-state index in [0.29, 0.717) is 17.0 Å². The Labute approximate surface area is 158 Å². The Bertz CT molecular complexity index is 1080. The first-order valence-electron chi connectivity index (χ1n) is 8.42. The maximum atomic E-state index is 12.7. The molecule has 0 saturated heterocycles. The number of aromatic nitrogens is 1. The molecule has 0 bridgehead atoms. The second-order valence-electron chi connectivity index (χ2n) is 6.11. The van der Waals surface area contributed by atoms with Gasteiger partial charge in [0, 0.05) is 11.9 Å². The third-order valence-electron chi connectivity index (χ3n) is 4.58. The van der Waals surface area contributed by atoms with E-state index in [-0.39, 0.29) is 17.2 Å². The Morgan fingerprint density at radius 3 is 2.37 bits per heavy atom. The van der Waals surface area contributed by atoms with Crippen LogP contribution in [-0.4, -0.2) is 38.9 Å². The number of hydrogen-bond donors (Lipinski definition) is 0. The minimum absolute atomic E-state index is 0.104. The van der Waals surface area contributed by atoms with Crippen LogP contribution in [0, 0.1) is 6.92 Å². The average molecular weight is 387 g/mol. The first-order chi connectivity index (χ1) is 12.9. The average Bonchev–Trinajstić information content (AvgIpc) is 2.98. The van der Waals surface area contributed by atoms with Crippen molar-refractivity contribution in [1.82, 2.24) is 4.57 Å². The van der Waals surface area contributed by atoms with Crippen LogP contribution in [0.4, 0.5) is 0 Å². The van der Waals surface area contributed by atoms with Crippen molar-refractivity contribution in [3.05, 3.63) is 59.8 Å². The molecule has 0 fully saturated rings. The molecular weight excluding hydrogens is 366 g/mol. The fourth-order valence-electron chi connectivity index (χ4n) is 3.25. The Morgan fingerprint density at radius 2 is 1.74 bits per heavy atom. The summed E-state index contributed by atoms with van der Waals surface area (Å²) in [4.78, 5) is 12.6. The number of fused-ring (bicyclic) bond motifs is 1. The van der Waals surface area contributed by atoms with Gasteiger partial charge < -0.3 is 14.0 Å². The molecular formula is C20H21NO5S. The first kappa shape index (κ1) is 19.0. The molecule has 0 atom stereocenters. The summed E-state index contributed by atoms with van der Waals surface area (Å²) >= 11 is 0. The third-order valence-corrected chi connectivity index (χ3v) is 6.29. The molecule has 0 radical (unpaired) electrons. The normalized spacial score (nSPS) is 11.5. The van der Waals surface area contributed by atoms with Gasteiger partial charge in [-0.2, -0.15) is 0 Å². The number of sulfone groups is 1. The van der Waals surface area contributed by atoms with E-state index < -0.39 is 15.8 Å². The van der Waals surface area contributed by atoms with Gasteiger partial charge in [0.2, 0.25) is 0 Å². The highest BCUT2D eigenvalue weighted by Crippen LogP contribution is 2.33. The number of nitrogens with zero attached hydrogens (tertiary/aromatic N) is 1. The van der Waals surface area contributed by atoms with Crippen molar-refractivity contribution < 1.29 is 22.7 Å². The summed E-state index contributed by atoms with van der Waals surface area (Å²) in [5.41, 5.74) is 1.74. The highest BCUT2D eigenvalue weighted by Gasteiger charge is 2.24. The van der Waals surface area contributed by atoms with E-state index >= 15 is 0 Å². The van der Waals surface area contributed by atoms with Crippen LogP contribution in [0.15, 0.2) is 53.4 Å². The lowest BCUT2D eigenvalue weighted by Crippen LogP contribution is -2.18. The van der Waals surface area contributed by atoms with Gasteiger partial charge in [0.1, 0.15) is 11.4 Å². The molecule has 0 amide bonds. The Balaban J connectivity index is 2.11. The second-order valence-corrected chi connectivity index (χ2v) is 8.21. The number of methoxy groups -OCH3 is 2. The molecule has 0 N–H and O–H groups in total. The molecule has 2 aromatic carbocycles. The van der Waals surface area contributed by atoms with Gasteiger partial charge in [-0.15, -0.1) is 0 Å². The minimum atomic E-state index is -3.50. The van der Waals surface area contributed by atoms with Crippen LogP contribution < -0.4 is 4.74 Å². The third kappa shape index (κ3) is 3.42. The van der Waals surface area contributed by atoms with Crippen molar-refractivity contribution >= 4 is 26.7 Å². The van der Waals surface area contributed by atoms with Crippen LogP contribution in [0.25, 0.3) is 10.9 Å². The number of carbonyl (C=O) groups is 1. The summed E-state index contributed by atoms with van der Waals surface area (Å²) in [6.45, 7) is 1.92. The number of ether oxygens (including phenoxy) is 2. The number of rotatable bonds is 6. The molecule has 0 unspecified atom stereocenters. The van der Waals surface area contributed by atoms with E-state index in [0.717, 1.165) is 10.9 Å². The molecule has 0 aliphatic rings. The molecule has 0 spiro atoms. The predicted molar refractivity (Wildman–Crippen MR) is 103 cm³/mol. The van der Waals surface area contributed by atoms with Gasteiger partial charge in [-0.1, -0.05) is 30.3 Å². The molecule has 3 aromatic rings. The van der Waals surface area contributed by atoms with Gasteiger partial charge in [0.05, 0.1) is 30.4 Å². The number of aryl methyl sites for hydroxylation is 2. The van der Waals surface area contributed by atoms with E-state index in [9.17, 15) is 13.2 Å². The quantitative estimate of drug-likeness (QED) is 0.607. The Kier molecular flexibility index (Phi) is 5.23. The van der Waals surface area contributed by atoms with Gasteiger partial charge in [0.25, 0.3) is 0 Å². The summed E-state index contributed by atoms with van der Waals surface area (Å²) in [6, 6.07) is 13.8. The lowest BCUT2D eigenvalue weighted by Gasteiger charge is -2.12. The standard InChI is InChI=1S/C20H21NO5S/c1-14-16-10-7-11-17(25-2)19(16)21(18(14)20(22)26-3)12-13-27(23,24)15-8-5-4-6-9-15/h4-11H,12-13H2,1-3H3. The number of carbonyl (C=O) groups excluding carboxylic acids is 1. The Hall–Kier alpha value is -2.80. The molecule has 27 heavy (non-hydrogen) atoms. The van der Waals surface area contributed by atoms with Crippen LogP contribution in [0.3, 0.4) is 0 Å². The largest absolute Gasteiger partial charge is 0.495 e. The van der Waals surface area contributed by atoms with Gasteiger partial charge in [-0.3, -0.25) is 0 Å².